The lowest BCUT2D eigenvalue weighted by Gasteiger charge is -2.16. The third kappa shape index (κ3) is 3.65. The van der Waals surface area contributed by atoms with E-state index < -0.39 is 0 Å². The van der Waals surface area contributed by atoms with Gasteiger partial charge in [-0.25, -0.2) is 4.79 Å². The molecule has 5 heteroatoms. The number of hydrogen-bond acceptors (Lipinski definition) is 2. The lowest BCUT2D eigenvalue weighted by Crippen LogP contribution is -2.39. The molecule has 0 radical (unpaired) electrons. The van der Waals surface area contributed by atoms with Crippen molar-refractivity contribution < 1.29 is 0 Å². The fraction of sp³-hybridized carbons (Fsp3) is 0.238. The van der Waals surface area contributed by atoms with Crippen molar-refractivity contribution in [2.24, 2.45) is 0 Å². The monoisotopic (exact) mass is 368 g/mol. The fourth-order valence-corrected chi connectivity index (χ4v) is 3.00. The van der Waals surface area contributed by atoms with E-state index in [9.17, 15) is 9.59 Å². The quantitative estimate of drug-likeness (QED) is 0.668. The smallest absolute Gasteiger partial charge is 0.269 e. The molecule has 1 heterocycles. The summed E-state index contributed by atoms with van der Waals surface area (Å²) in [6, 6.07) is 16.4. The van der Waals surface area contributed by atoms with Crippen LogP contribution in [0.3, 0.4) is 0 Å². The predicted octanol–water partition coefficient (Wildman–Crippen LogP) is 4.43. The van der Waals surface area contributed by atoms with Crippen LogP contribution in [0.5, 0.6) is 0 Å². The molecule has 0 aliphatic carbocycles. The summed E-state index contributed by atoms with van der Waals surface area (Å²) in [4.78, 5) is 25.7. The first-order chi connectivity index (χ1) is 12.5. The third-order valence-electron chi connectivity index (χ3n) is 4.36. The fourth-order valence-electron chi connectivity index (χ4n) is 2.88. The number of rotatable bonds is 5. The van der Waals surface area contributed by atoms with Crippen LogP contribution in [0.4, 0.5) is 0 Å². The number of nitrogens with zero attached hydrogens (tertiary/aromatic N) is 2. The Balaban J connectivity index is 2.29. The van der Waals surface area contributed by atoms with Gasteiger partial charge in [-0.1, -0.05) is 54.8 Å². The van der Waals surface area contributed by atoms with Gasteiger partial charge in [-0.05, 0) is 43.2 Å². The largest absolute Gasteiger partial charge is 0.336 e. The van der Waals surface area contributed by atoms with Crippen molar-refractivity contribution >= 4 is 11.6 Å². The molecule has 3 rings (SSSR count). The molecule has 0 aliphatic rings. The molecule has 0 aliphatic heterocycles. The Morgan fingerprint density at radius 2 is 1.62 bits per heavy atom. The van der Waals surface area contributed by atoms with E-state index in [0.29, 0.717) is 17.3 Å². The normalized spacial score (nSPS) is 10.9. The van der Waals surface area contributed by atoms with Gasteiger partial charge in [-0.2, -0.15) is 0 Å². The van der Waals surface area contributed by atoms with Crippen molar-refractivity contribution in [2.45, 2.75) is 33.2 Å². The van der Waals surface area contributed by atoms with Gasteiger partial charge in [0.05, 0.1) is 11.4 Å². The molecule has 2 aromatic carbocycles. The number of hydrogen-bond donors (Lipinski definition) is 0. The minimum absolute atomic E-state index is 0.281. The summed E-state index contributed by atoms with van der Waals surface area (Å²) in [6.07, 6.45) is 1.69. The minimum atomic E-state index is -0.320. The molecule has 3 aromatic rings. The van der Waals surface area contributed by atoms with Crippen LogP contribution >= 0.6 is 11.6 Å². The van der Waals surface area contributed by atoms with Crippen LogP contribution in [0, 0.1) is 6.92 Å². The number of halogens is 1. The summed E-state index contributed by atoms with van der Waals surface area (Å²) in [5.41, 5.74) is 2.57. The summed E-state index contributed by atoms with van der Waals surface area (Å²) >= 11 is 5.98. The highest BCUT2D eigenvalue weighted by Gasteiger charge is 2.14. The maximum Gasteiger partial charge on any atom is 0.336 e. The van der Waals surface area contributed by atoms with Gasteiger partial charge >= 0.3 is 5.69 Å². The summed E-state index contributed by atoms with van der Waals surface area (Å²) in [6.45, 7) is 4.45. The Morgan fingerprint density at radius 1 is 0.962 bits per heavy atom. The molecule has 0 fully saturated rings. The minimum Gasteiger partial charge on any atom is -0.269 e. The van der Waals surface area contributed by atoms with E-state index in [1.807, 2.05) is 50.2 Å². The molecule has 0 amide bonds. The van der Waals surface area contributed by atoms with Gasteiger partial charge in [0, 0.05) is 17.6 Å². The van der Waals surface area contributed by atoms with E-state index in [1.54, 1.807) is 16.7 Å². The molecule has 1 aromatic heterocycles. The molecule has 0 unspecified atom stereocenters. The third-order valence-corrected chi connectivity index (χ3v) is 4.61. The maximum atomic E-state index is 13.1. The van der Waals surface area contributed by atoms with Crippen LogP contribution in [0.2, 0.25) is 5.02 Å². The molecule has 4 nitrogen and oxygen atoms in total. The van der Waals surface area contributed by atoms with E-state index >= 15 is 0 Å². The van der Waals surface area contributed by atoms with Gasteiger partial charge in [0.2, 0.25) is 0 Å². The molecule has 0 saturated heterocycles. The van der Waals surface area contributed by atoms with Crippen molar-refractivity contribution in [3.8, 4) is 16.9 Å². The zero-order chi connectivity index (χ0) is 18.7. The molecule has 0 atom stereocenters. The number of aryl methyl sites for hydroxylation is 1. The number of aromatic nitrogens is 2. The summed E-state index contributed by atoms with van der Waals surface area (Å²) in [5, 5.41) is 0.606. The van der Waals surface area contributed by atoms with Crippen molar-refractivity contribution in [2.75, 3.05) is 0 Å². The first-order valence-electron chi connectivity index (χ1n) is 8.71. The Hall–Kier alpha value is -2.59. The average Bonchev–Trinajstić information content (AvgIpc) is 2.63. The van der Waals surface area contributed by atoms with Gasteiger partial charge in [-0.3, -0.25) is 13.9 Å². The predicted molar refractivity (Wildman–Crippen MR) is 106 cm³/mol. The van der Waals surface area contributed by atoms with Gasteiger partial charge in [0.1, 0.15) is 0 Å². The topological polar surface area (TPSA) is 44.0 Å². The summed E-state index contributed by atoms with van der Waals surface area (Å²) < 4.78 is 2.91. The van der Waals surface area contributed by atoms with Crippen molar-refractivity contribution in [3.63, 3.8) is 0 Å². The zero-order valence-corrected chi connectivity index (χ0v) is 15.7. The second-order valence-corrected chi connectivity index (χ2v) is 6.77. The SMILES string of the molecule is CCCCn1c(=O)cc(-c2ccc(Cl)cc2)n(-c2ccc(C)cc2)c1=O. The Labute approximate surface area is 157 Å². The maximum absolute atomic E-state index is 13.1. The lowest BCUT2D eigenvalue weighted by molar-refractivity contribution is 0.571. The van der Waals surface area contributed by atoms with Gasteiger partial charge in [0.25, 0.3) is 5.56 Å². The van der Waals surface area contributed by atoms with Crippen LogP contribution in [0.1, 0.15) is 25.3 Å². The second-order valence-electron chi connectivity index (χ2n) is 6.33. The molecule has 0 spiro atoms. The van der Waals surface area contributed by atoms with Crippen LogP contribution in [-0.4, -0.2) is 9.13 Å². The molecule has 0 bridgehead atoms. The van der Waals surface area contributed by atoms with E-state index in [0.717, 1.165) is 29.7 Å². The van der Waals surface area contributed by atoms with Gasteiger partial charge in [0.15, 0.2) is 0 Å². The van der Waals surface area contributed by atoms with Crippen LogP contribution in [0.15, 0.2) is 64.2 Å². The highest BCUT2D eigenvalue weighted by Crippen LogP contribution is 2.22. The van der Waals surface area contributed by atoms with Crippen molar-refractivity contribution in [1.82, 2.24) is 9.13 Å². The molecular weight excluding hydrogens is 348 g/mol. The summed E-state index contributed by atoms with van der Waals surface area (Å²) in [5.74, 6) is 0. The van der Waals surface area contributed by atoms with Crippen molar-refractivity contribution in [1.29, 1.82) is 0 Å². The van der Waals surface area contributed by atoms with E-state index in [2.05, 4.69) is 0 Å². The zero-order valence-electron chi connectivity index (χ0n) is 14.9. The summed E-state index contributed by atoms with van der Waals surface area (Å²) in [7, 11) is 0. The van der Waals surface area contributed by atoms with Crippen LogP contribution < -0.4 is 11.2 Å². The first-order valence-corrected chi connectivity index (χ1v) is 9.09. The molecule has 134 valence electrons. The van der Waals surface area contributed by atoms with E-state index in [4.69, 9.17) is 11.6 Å². The van der Waals surface area contributed by atoms with Gasteiger partial charge < -0.3 is 0 Å². The first kappa shape index (κ1) is 18.2. The van der Waals surface area contributed by atoms with Crippen molar-refractivity contribution in [3.05, 3.63) is 86.0 Å². The molecule has 26 heavy (non-hydrogen) atoms. The van der Waals surface area contributed by atoms with Crippen LogP contribution in [0.25, 0.3) is 16.9 Å². The molecule has 0 saturated carbocycles. The standard InChI is InChI=1S/C21H21ClN2O2/c1-3-4-13-23-20(25)14-19(16-7-9-17(22)10-8-16)24(21(23)26)18-11-5-15(2)6-12-18/h5-12,14H,3-4,13H2,1-2H3. The average molecular weight is 369 g/mol. The van der Waals surface area contributed by atoms with E-state index in [1.165, 1.54) is 10.6 Å². The highest BCUT2D eigenvalue weighted by molar-refractivity contribution is 6.30. The Kier molecular flexibility index (Phi) is 5.43. The molecule has 0 N–H and O–H groups in total. The Morgan fingerprint density at radius 3 is 2.23 bits per heavy atom. The highest BCUT2D eigenvalue weighted by atomic mass is 35.5. The number of benzene rings is 2. The van der Waals surface area contributed by atoms with E-state index in [-0.39, 0.29) is 11.2 Å². The Bertz CT molecular complexity index is 1020. The van der Waals surface area contributed by atoms with Crippen LogP contribution in [-0.2, 0) is 6.54 Å². The number of unbranched alkanes of at least 4 members (excludes halogenated alkanes) is 1. The van der Waals surface area contributed by atoms with Gasteiger partial charge in [-0.15, -0.1) is 0 Å². The second kappa shape index (κ2) is 7.75. The molecular formula is C21H21ClN2O2. The lowest BCUT2D eigenvalue weighted by atomic mass is 10.1.